The van der Waals surface area contributed by atoms with E-state index in [0.29, 0.717) is 16.9 Å². The first kappa shape index (κ1) is 26.3. The van der Waals surface area contributed by atoms with E-state index in [-0.39, 0.29) is 24.8 Å². The van der Waals surface area contributed by atoms with E-state index < -0.39 is 5.97 Å². The minimum atomic E-state index is -0.487. The SMILES string of the molecule is CCCCCOC1CCC(OC(=O)c2ccc(C=CC(=O)OCc3cc(N)cc(N)c3)cc2)CC1. The molecule has 1 saturated carbocycles. The molecule has 1 aliphatic rings. The molecule has 0 radical (unpaired) electrons. The maximum Gasteiger partial charge on any atom is 0.338 e. The largest absolute Gasteiger partial charge is 0.459 e. The summed E-state index contributed by atoms with van der Waals surface area (Å²) in [6.45, 7) is 3.08. The second-order valence-electron chi connectivity index (χ2n) is 8.95. The number of ether oxygens (including phenoxy) is 3. The molecule has 0 bridgehead atoms. The monoisotopic (exact) mass is 480 g/mol. The number of esters is 2. The smallest absolute Gasteiger partial charge is 0.338 e. The molecular formula is C28H36N2O5. The van der Waals surface area contributed by atoms with Crippen molar-refractivity contribution in [2.45, 2.75) is 70.7 Å². The Bertz CT molecular complexity index is 975. The molecule has 7 heteroatoms. The van der Waals surface area contributed by atoms with Crippen LogP contribution in [-0.2, 0) is 25.6 Å². The maximum absolute atomic E-state index is 12.5. The Morgan fingerprint density at radius 1 is 0.943 bits per heavy atom. The van der Waals surface area contributed by atoms with Gasteiger partial charge in [0.2, 0.25) is 0 Å². The van der Waals surface area contributed by atoms with Gasteiger partial charge < -0.3 is 25.7 Å². The molecule has 0 heterocycles. The van der Waals surface area contributed by atoms with E-state index in [4.69, 9.17) is 25.7 Å². The lowest BCUT2D eigenvalue weighted by atomic mass is 9.95. The standard InChI is InChI=1S/C28H36N2O5/c1-2-3-4-15-33-25-10-12-26(13-11-25)35-28(32)22-8-5-20(6-9-22)7-14-27(31)34-19-21-16-23(29)18-24(30)17-21/h5-9,14,16-18,25-26H,2-4,10-13,15,19,29-30H2,1H3. The molecule has 1 aliphatic carbocycles. The molecule has 0 unspecified atom stereocenters. The molecule has 188 valence electrons. The van der Waals surface area contributed by atoms with Gasteiger partial charge in [0.05, 0.1) is 11.7 Å². The molecule has 0 saturated heterocycles. The number of rotatable bonds is 11. The quantitative estimate of drug-likeness (QED) is 0.195. The topological polar surface area (TPSA) is 114 Å². The number of benzene rings is 2. The van der Waals surface area contributed by atoms with Crippen LogP contribution in [0.3, 0.4) is 0 Å². The van der Waals surface area contributed by atoms with E-state index in [9.17, 15) is 9.59 Å². The zero-order valence-electron chi connectivity index (χ0n) is 20.4. The molecule has 0 spiro atoms. The van der Waals surface area contributed by atoms with Crippen molar-refractivity contribution in [3.63, 3.8) is 0 Å². The number of hydrogen-bond acceptors (Lipinski definition) is 7. The van der Waals surface area contributed by atoms with Crippen LogP contribution in [0, 0.1) is 0 Å². The van der Waals surface area contributed by atoms with E-state index in [1.807, 2.05) is 0 Å². The van der Waals surface area contributed by atoms with Gasteiger partial charge in [-0.05, 0) is 79.6 Å². The Hall–Kier alpha value is -3.32. The Labute approximate surface area is 207 Å². The summed E-state index contributed by atoms with van der Waals surface area (Å²) in [6, 6.07) is 12.0. The number of hydrogen-bond donors (Lipinski definition) is 2. The maximum atomic E-state index is 12.5. The van der Waals surface area contributed by atoms with Crippen molar-refractivity contribution in [2.75, 3.05) is 18.1 Å². The van der Waals surface area contributed by atoms with Gasteiger partial charge in [-0.15, -0.1) is 0 Å². The summed E-state index contributed by atoms with van der Waals surface area (Å²) in [5.74, 6) is -0.812. The first-order chi connectivity index (χ1) is 16.9. The number of unbranched alkanes of at least 4 members (excludes halogenated alkanes) is 2. The lowest BCUT2D eigenvalue weighted by Crippen LogP contribution is -2.28. The second-order valence-corrected chi connectivity index (χ2v) is 8.95. The van der Waals surface area contributed by atoms with Gasteiger partial charge in [0.25, 0.3) is 0 Å². The van der Waals surface area contributed by atoms with Gasteiger partial charge in [-0.2, -0.15) is 0 Å². The number of carbonyl (C=O) groups excluding carboxylic acids is 2. The first-order valence-electron chi connectivity index (χ1n) is 12.4. The van der Waals surface area contributed by atoms with Gasteiger partial charge in [-0.25, -0.2) is 9.59 Å². The Morgan fingerprint density at radius 2 is 1.60 bits per heavy atom. The number of nitrogen functional groups attached to an aromatic ring is 2. The fraction of sp³-hybridized carbons (Fsp3) is 0.429. The van der Waals surface area contributed by atoms with Crippen LogP contribution in [0.15, 0.2) is 48.5 Å². The minimum Gasteiger partial charge on any atom is -0.459 e. The predicted molar refractivity (Wildman–Crippen MR) is 137 cm³/mol. The van der Waals surface area contributed by atoms with Gasteiger partial charge in [0, 0.05) is 24.1 Å². The van der Waals surface area contributed by atoms with Crippen LogP contribution in [0.1, 0.15) is 73.4 Å². The highest BCUT2D eigenvalue weighted by atomic mass is 16.5. The number of anilines is 2. The average Bonchev–Trinajstić information content (AvgIpc) is 2.85. The average molecular weight is 481 g/mol. The van der Waals surface area contributed by atoms with Crippen LogP contribution < -0.4 is 11.5 Å². The normalized spacial score (nSPS) is 17.9. The van der Waals surface area contributed by atoms with Crippen molar-refractivity contribution >= 4 is 29.4 Å². The molecule has 4 N–H and O–H groups in total. The number of carbonyl (C=O) groups is 2. The summed E-state index contributed by atoms with van der Waals surface area (Å²) in [5, 5.41) is 0. The third-order valence-electron chi connectivity index (χ3n) is 5.97. The van der Waals surface area contributed by atoms with Gasteiger partial charge in [-0.3, -0.25) is 0 Å². The molecule has 1 fully saturated rings. The van der Waals surface area contributed by atoms with Crippen molar-refractivity contribution in [3.8, 4) is 0 Å². The van der Waals surface area contributed by atoms with E-state index in [2.05, 4.69) is 6.92 Å². The Kier molecular flexibility index (Phi) is 10.2. The molecule has 3 rings (SSSR count). The molecule has 0 atom stereocenters. The van der Waals surface area contributed by atoms with E-state index in [0.717, 1.165) is 49.8 Å². The summed E-state index contributed by atoms with van der Waals surface area (Å²) in [7, 11) is 0. The van der Waals surface area contributed by atoms with Crippen molar-refractivity contribution < 1.29 is 23.8 Å². The molecular weight excluding hydrogens is 444 g/mol. The minimum absolute atomic E-state index is 0.0670. The molecule has 2 aromatic carbocycles. The van der Waals surface area contributed by atoms with Crippen molar-refractivity contribution in [2.24, 2.45) is 0 Å². The molecule has 2 aromatic rings. The summed E-state index contributed by atoms with van der Waals surface area (Å²) in [5.41, 5.74) is 14.5. The van der Waals surface area contributed by atoms with Crippen LogP contribution in [0.5, 0.6) is 0 Å². The fourth-order valence-corrected chi connectivity index (χ4v) is 4.06. The van der Waals surface area contributed by atoms with Crippen LogP contribution in [-0.4, -0.2) is 30.8 Å². The molecule has 0 aromatic heterocycles. The Balaban J connectivity index is 1.40. The molecule has 0 aliphatic heterocycles. The summed E-state index contributed by atoms with van der Waals surface area (Å²) >= 11 is 0. The summed E-state index contributed by atoms with van der Waals surface area (Å²) < 4.78 is 16.9. The van der Waals surface area contributed by atoms with Gasteiger partial charge in [0.15, 0.2) is 0 Å². The molecule has 0 amide bonds. The Morgan fingerprint density at radius 3 is 2.26 bits per heavy atom. The third-order valence-corrected chi connectivity index (χ3v) is 5.97. The highest BCUT2D eigenvalue weighted by Crippen LogP contribution is 2.25. The summed E-state index contributed by atoms with van der Waals surface area (Å²) in [4.78, 5) is 24.5. The van der Waals surface area contributed by atoms with Crippen molar-refractivity contribution in [3.05, 3.63) is 65.2 Å². The van der Waals surface area contributed by atoms with Gasteiger partial charge >= 0.3 is 11.9 Å². The highest BCUT2D eigenvalue weighted by Gasteiger charge is 2.24. The molecule has 7 nitrogen and oxygen atoms in total. The number of nitrogens with two attached hydrogens (primary N) is 2. The van der Waals surface area contributed by atoms with Gasteiger partial charge in [-0.1, -0.05) is 31.9 Å². The highest BCUT2D eigenvalue weighted by molar-refractivity contribution is 5.90. The van der Waals surface area contributed by atoms with Crippen LogP contribution in [0.4, 0.5) is 11.4 Å². The van der Waals surface area contributed by atoms with Gasteiger partial charge in [0.1, 0.15) is 12.7 Å². The van der Waals surface area contributed by atoms with Crippen LogP contribution in [0.2, 0.25) is 0 Å². The van der Waals surface area contributed by atoms with E-state index in [1.165, 1.54) is 18.9 Å². The second kappa shape index (κ2) is 13.5. The first-order valence-corrected chi connectivity index (χ1v) is 12.4. The van der Waals surface area contributed by atoms with E-state index in [1.54, 1.807) is 48.5 Å². The van der Waals surface area contributed by atoms with E-state index >= 15 is 0 Å². The van der Waals surface area contributed by atoms with Crippen LogP contribution >= 0.6 is 0 Å². The lowest BCUT2D eigenvalue weighted by Gasteiger charge is -2.28. The third kappa shape index (κ3) is 9.09. The zero-order valence-corrected chi connectivity index (χ0v) is 20.4. The summed E-state index contributed by atoms with van der Waals surface area (Å²) in [6.07, 6.45) is 10.2. The van der Waals surface area contributed by atoms with Crippen LogP contribution in [0.25, 0.3) is 6.08 Å². The molecule has 35 heavy (non-hydrogen) atoms. The fourth-order valence-electron chi connectivity index (χ4n) is 4.06. The van der Waals surface area contributed by atoms with Crippen molar-refractivity contribution in [1.29, 1.82) is 0 Å². The lowest BCUT2D eigenvalue weighted by molar-refractivity contribution is -0.138. The van der Waals surface area contributed by atoms with Crippen molar-refractivity contribution in [1.82, 2.24) is 0 Å². The predicted octanol–water partition coefficient (Wildman–Crippen LogP) is 5.28. The zero-order chi connectivity index (χ0) is 25.0.